The maximum Gasteiger partial charge on any atom is 0.251 e. The first-order valence-electron chi connectivity index (χ1n) is 8.68. The highest BCUT2D eigenvalue weighted by molar-refractivity contribution is 14.0. The molecule has 0 aliphatic carbocycles. The van der Waals surface area contributed by atoms with Crippen LogP contribution in [0.5, 0.6) is 0 Å². The van der Waals surface area contributed by atoms with Crippen molar-refractivity contribution in [3.8, 4) is 0 Å². The van der Waals surface area contributed by atoms with Gasteiger partial charge in [-0.05, 0) is 24.6 Å². The van der Waals surface area contributed by atoms with E-state index in [1.165, 1.54) is 0 Å². The van der Waals surface area contributed by atoms with Gasteiger partial charge in [-0.2, -0.15) is 0 Å². The van der Waals surface area contributed by atoms with Gasteiger partial charge in [0.05, 0.1) is 12.2 Å². The van der Waals surface area contributed by atoms with E-state index >= 15 is 0 Å². The van der Waals surface area contributed by atoms with E-state index in [4.69, 9.17) is 4.74 Å². The number of hydrogen-bond donors (Lipinski definition) is 2. The zero-order valence-electron chi connectivity index (χ0n) is 16.9. The summed E-state index contributed by atoms with van der Waals surface area (Å²) in [5.74, 6) is 0.690. The van der Waals surface area contributed by atoms with E-state index in [9.17, 15) is 4.79 Å². The van der Waals surface area contributed by atoms with E-state index in [-0.39, 0.29) is 36.0 Å². The van der Waals surface area contributed by atoms with E-state index in [1.54, 1.807) is 32.5 Å². The van der Waals surface area contributed by atoms with Crippen LogP contribution >= 0.6 is 35.3 Å². The Bertz CT molecular complexity index is 779. The number of aliphatic imine (C=N–C) groups is 1. The Labute approximate surface area is 187 Å². The van der Waals surface area contributed by atoms with Crippen LogP contribution in [0.1, 0.15) is 39.7 Å². The fourth-order valence-electron chi connectivity index (χ4n) is 2.48. The van der Waals surface area contributed by atoms with Crippen LogP contribution in [0.2, 0.25) is 0 Å². The quantitative estimate of drug-likeness (QED) is 0.336. The van der Waals surface area contributed by atoms with Gasteiger partial charge in [-0.15, -0.1) is 35.3 Å². The first-order valence-corrected chi connectivity index (χ1v) is 9.56. The van der Waals surface area contributed by atoms with Gasteiger partial charge in [0.1, 0.15) is 11.1 Å². The van der Waals surface area contributed by atoms with Crippen molar-refractivity contribution in [3.63, 3.8) is 0 Å². The first kappa shape index (κ1) is 24.3. The van der Waals surface area contributed by atoms with Crippen molar-refractivity contribution in [1.29, 1.82) is 0 Å². The highest BCUT2D eigenvalue weighted by Crippen LogP contribution is 2.20. The van der Waals surface area contributed by atoms with Gasteiger partial charge in [0.25, 0.3) is 5.91 Å². The van der Waals surface area contributed by atoms with E-state index < -0.39 is 0 Å². The van der Waals surface area contributed by atoms with Gasteiger partial charge in [-0.25, -0.2) is 4.98 Å². The molecule has 0 aliphatic heterocycles. The normalized spacial score (nSPS) is 12.1. The zero-order chi connectivity index (χ0) is 19.8. The largest absolute Gasteiger partial charge is 0.375 e. The van der Waals surface area contributed by atoms with E-state index in [2.05, 4.69) is 20.6 Å². The Morgan fingerprint density at radius 2 is 2.04 bits per heavy atom. The molecule has 1 heterocycles. The molecule has 1 unspecified atom stereocenters. The van der Waals surface area contributed by atoms with Gasteiger partial charge < -0.3 is 20.3 Å². The molecule has 7 nitrogen and oxygen atoms in total. The summed E-state index contributed by atoms with van der Waals surface area (Å²) in [5.41, 5.74) is 2.70. The molecule has 1 aromatic heterocycles. The second-order valence-corrected chi connectivity index (χ2v) is 6.98. The van der Waals surface area contributed by atoms with E-state index in [0.717, 1.165) is 22.2 Å². The predicted molar refractivity (Wildman–Crippen MR) is 124 cm³/mol. The average Bonchev–Trinajstić information content (AvgIpc) is 3.16. The zero-order valence-corrected chi connectivity index (χ0v) is 20.0. The van der Waals surface area contributed by atoms with Gasteiger partial charge >= 0.3 is 0 Å². The van der Waals surface area contributed by atoms with Gasteiger partial charge in [0, 0.05) is 45.7 Å². The number of thiazole rings is 1. The van der Waals surface area contributed by atoms with Crippen LogP contribution in [-0.4, -0.2) is 50.0 Å². The highest BCUT2D eigenvalue weighted by atomic mass is 127. The summed E-state index contributed by atoms with van der Waals surface area (Å²) in [7, 11) is 7.04. The standard InChI is InChI=1S/C19H27N5O2S.HI/c1-13(26-5)18-23-16(12-27-18)11-24(4)19(21-3)22-10-14-6-8-15(9-7-14)17(25)20-2;/h6-9,12-13H,10-11H2,1-5H3,(H,20,25)(H,21,22);1H. The van der Waals surface area contributed by atoms with Crippen LogP contribution in [0.3, 0.4) is 0 Å². The SMILES string of the molecule is CN=C(NCc1ccc(C(=O)NC)cc1)N(C)Cc1csc(C(C)OC)n1.I. The van der Waals surface area contributed by atoms with Crippen LogP contribution in [0.25, 0.3) is 0 Å². The van der Waals surface area contributed by atoms with Crippen LogP contribution in [0.4, 0.5) is 0 Å². The van der Waals surface area contributed by atoms with Crippen molar-refractivity contribution >= 4 is 47.2 Å². The smallest absolute Gasteiger partial charge is 0.251 e. The maximum absolute atomic E-state index is 11.6. The molecule has 28 heavy (non-hydrogen) atoms. The van der Waals surface area contributed by atoms with Crippen LogP contribution in [0, 0.1) is 0 Å². The summed E-state index contributed by atoms with van der Waals surface area (Å²) in [4.78, 5) is 22.6. The molecule has 0 bridgehead atoms. The Morgan fingerprint density at radius 1 is 1.36 bits per heavy atom. The molecule has 9 heteroatoms. The number of carbonyl (C=O) groups excluding carboxylic acids is 1. The van der Waals surface area contributed by atoms with Gasteiger partial charge in [-0.3, -0.25) is 9.79 Å². The third kappa shape index (κ3) is 6.71. The topological polar surface area (TPSA) is 78.9 Å². The van der Waals surface area contributed by atoms with E-state index in [0.29, 0.717) is 18.7 Å². The van der Waals surface area contributed by atoms with Crippen molar-refractivity contribution in [2.24, 2.45) is 4.99 Å². The van der Waals surface area contributed by atoms with Crippen molar-refractivity contribution in [2.75, 3.05) is 28.3 Å². The summed E-state index contributed by atoms with van der Waals surface area (Å²) in [5, 5.41) is 8.97. The molecule has 2 rings (SSSR count). The van der Waals surface area contributed by atoms with Crippen molar-refractivity contribution in [3.05, 3.63) is 51.5 Å². The minimum Gasteiger partial charge on any atom is -0.375 e. The number of methoxy groups -OCH3 is 1. The number of rotatable bonds is 7. The summed E-state index contributed by atoms with van der Waals surface area (Å²) in [6.45, 7) is 3.26. The molecule has 0 saturated carbocycles. The number of hydrogen-bond acceptors (Lipinski definition) is 5. The second kappa shape index (κ2) is 12.0. The third-order valence-electron chi connectivity index (χ3n) is 4.14. The lowest BCUT2D eigenvalue weighted by atomic mass is 10.1. The molecule has 2 aromatic rings. The summed E-state index contributed by atoms with van der Waals surface area (Å²) in [6.07, 6.45) is 0.00394. The number of benzene rings is 1. The van der Waals surface area contributed by atoms with Crippen LogP contribution in [0.15, 0.2) is 34.6 Å². The molecular formula is C19H28IN5O2S. The monoisotopic (exact) mass is 517 g/mol. The molecule has 0 radical (unpaired) electrons. The van der Waals surface area contributed by atoms with Crippen LogP contribution < -0.4 is 10.6 Å². The first-order chi connectivity index (χ1) is 13.0. The number of guanidine groups is 1. The van der Waals surface area contributed by atoms with Gasteiger partial charge in [0.2, 0.25) is 0 Å². The van der Waals surface area contributed by atoms with Crippen molar-refractivity contribution in [1.82, 2.24) is 20.5 Å². The lowest BCUT2D eigenvalue weighted by Crippen LogP contribution is -2.38. The lowest BCUT2D eigenvalue weighted by Gasteiger charge is -2.21. The Hall–Kier alpha value is -1.72. The molecule has 1 aromatic carbocycles. The number of carbonyl (C=O) groups is 1. The summed E-state index contributed by atoms with van der Waals surface area (Å²) in [6, 6.07) is 7.50. The van der Waals surface area contributed by atoms with Gasteiger partial charge in [-0.1, -0.05) is 12.1 Å². The van der Waals surface area contributed by atoms with Crippen molar-refractivity contribution < 1.29 is 9.53 Å². The third-order valence-corrected chi connectivity index (χ3v) is 5.19. The second-order valence-electron chi connectivity index (χ2n) is 6.09. The Balaban J connectivity index is 0.00000392. The fourth-order valence-corrected chi connectivity index (χ4v) is 3.33. The summed E-state index contributed by atoms with van der Waals surface area (Å²) < 4.78 is 5.31. The molecular weight excluding hydrogens is 489 g/mol. The summed E-state index contributed by atoms with van der Waals surface area (Å²) >= 11 is 1.60. The molecule has 0 spiro atoms. The lowest BCUT2D eigenvalue weighted by molar-refractivity contribution is 0.0963. The molecule has 1 amide bonds. The number of ether oxygens (including phenoxy) is 1. The van der Waals surface area contributed by atoms with E-state index in [1.807, 2.05) is 48.5 Å². The number of aromatic nitrogens is 1. The predicted octanol–water partition coefficient (Wildman–Crippen LogP) is 3.04. The Kier molecular flexibility index (Phi) is 10.4. The maximum atomic E-state index is 11.6. The van der Waals surface area contributed by atoms with Crippen LogP contribution in [-0.2, 0) is 17.8 Å². The Morgan fingerprint density at radius 3 is 2.61 bits per heavy atom. The number of nitrogens with one attached hydrogen (secondary N) is 2. The van der Waals surface area contributed by atoms with Gasteiger partial charge in [0.15, 0.2) is 5.96 Å². The molecule has 2 N–H and O–H groups in total. The number of amides is 1. The number of nitrogens with zero attached hydrogens (tertiary/aromatic N) is 3. The van der Waals surface area contributed by atoms with Crippen molar-refractivity contribution in [2.45, 2.75) is 26.1 Å². The number of halogens is 1. The molecule has 154 valence electrons. The molecule has 0 saturated heterocycles. The molecule has 1 atom stereocenters. The molecule has 0 fully saturated rings. The average molecular weight is 517 g/mol. The molecule has 0 aliphatic rings. The minimum absolute atomic E-state index is 0. The fraction of sp³-hybridized carbons (Fsp3) is 0.421. The highest BCUT2D eigenvalue weighted by Gasteiger charge is 2.12. The minimum atomic E-state index is -0.0875.